The standard InChI is InChI=1S/C29H54N2O8S2/c1-10-28(6,21-39-24(32)16-22(2)3)12-13-38-25(33)31-23-17-27(4,5)19-29(7,18-23)20-30-26(34)40-14-11-15-41(35,36-8)37-9/h16,23,35H,10-15,17-21H2,1-9H3,(H,30,34)(H,31,33). The number of alkyl carbamates (subject to hydrolysis) is 1. The van der Waals surface area contributed by atoms with E-state index in [0.717, 1.165) is 31.3 Å². The Balaban J connectivity index is 2.53. The zero-order valence-corrected chi connectivity index (χ0v) is 28.2. The number of ether oxygens (including phenoxy) is 2. The average molecular weight is 623 g/mol. The summed E-state index contributed by atoms with van der Waals surface area (Å²) >= 11 is 1.18. The van der Waals surface area contributed by atoms with Crippen LogP contribution in [0.25, 0.3) is 0 Å². The lowest BCUT2D eigenvalue weighted by Crippen LogP contribution is -2.50. The van der Waals surface area contributed by atoms with Crippen LogP contribution in [0.1, 0.15) is 87.0 Å². The summed E-state index contributed by atoms with van der Waals surface area (Å²) in [5, 5.41) is 5.97. The van der Waals surface area contributed by atoms with Crippen molar-refractivity contribution in [1.29, 1.82) is 0 Å². The number of allylic oxidation sites excluding steroid dienone is 1. The monoisotopic (exact) mass is 622 g/mol. The number of hydrogen-bond donors (Lipinski definition) is 3. The lowest BCUT2D eigenvalue weighted by atomic mass is 9.62. The lowest BCUT2D eigenvalue weighted by Gasteiger charge is -2.46. The fraction of sp³-hybridized carbons (Fsp3) is 0.828. The van der Waals surface area contributed by atoms with Gasteiger partial charge in [0.25, 0.3) is 5.24 Å². The smallest absolute Gasteiger partial charge is 0.407 e. The van der Waals surface area contributed by atoms with E-state index in [2.05, 4.69) is 31.4 Å². The van der Waals surface area contributed by atoms with Gasteiger partial charge in [0.1, 0.15) is 0 Å². The number of hydrogen-bond acceptors (Lipinski definition) is 9. The van der Waals surface area contributed by atoms with Gasteiger partial charge in [-0.1, -0.05) is 52.0 Å². The van der Waals surface area contributed by atoms with Gasteiger partial charge in [-0.15, -0.1) is 0 Å². The van der Waals surface area contributed by atoms with Gasteiger partial charge in [-0.05, 0) is 63.2 Å². The third-order valence-electron chi connectivity index (χ3n) is 7.49. The highest BCUT2D eigenvalue weighted by Crippen LogP contribution is 2.46. The molecule has 0 spiro atoms. The highest BCUT2D eigenvalue weighted by atomic mass is 32.3. The number of amides is 2. The van der Waals surface area contributed by atoms with Crippen LogP contribution < -0.4 is 10.6 Å². The highest BCUT2D eigenvalue weighted by molar-refractivity contribution is 8.21. The maximum atomic E-state index is 12.7. The summed E-state index contributed by atoms with van der Waals surface area (Å²) in [7, 11) is 0.297. The van der Waals surface area contributed by atoms with E-state index >= 15 is 0 Å². The fourth-order valence-electron chi connectivity index (χ4n) is 5.32. The van der Waals surface area contributed by atoms with Crippen LogP contribution in [0.5, 0.6) is 0 Å². The number of esters is 1. The van der Waals surface area contributed by atoms with Crippen molar-refractivity contribution < 1.29 is 36.8 Å². The van der Waals surface area contributed by atoms with Crippen LogP contribution in [0.15, 0.2) is 11.6 Å². The van der Waals surface area contributed by atoms with Crippen molar-refractivity contribution in [2.45, 2.75) is 93.0 Å². The Labute approximate surface area is 253 Å². The van der Waals surface area contributed by atoms with Crippen LogP contribution in [0.4, 0.5) is 9.59 Å². The van der Waals surface area contributed by atoms with E-state index in [-0.39, 0.29) is 46.7 Å². The molecular formula is C29H54N2O8S2. The van der Waals surface area contributed by atoms with E-state index in [0.29, 0.717) is 30.9 Å². The summed E-state index contributed by atoms with van der Waals surface area (Å²) in [6.07, 6.45) is 5.41. The maximum absolute atomic E-state index is 12.7. The molecular weight excluding hydrogens is 568 g/mol. The van der Waals surface area contributed by atoms with Gasteiger partial charge in [0.15, 0.2) is 0 Å². The molecule has 0 saturated heterocycles. The summed E-state index contributed by atoms with van der Waals surface area (Å²) in [5.41, 5.74) is 0.380. The van der Waals surface area contributed by atoms with Crippen LogP contribution >= 0.6 is 22.6 Å². The number of nitrogens with one attached hydrogen (secondary N) is 2. The Morgan fingerprint density at radius 1 is 1.12 bits per heavy atom. The first kappa shape index (κ1) is 37.6. The Hall–Kier alpha value is -1.47. The molecule has 0 aromatic carbocycles. The summed E-state index contributed by atoms with van der Waals surface area (Å²) in [6.45, 7) is 15.2. The SMILES string of the molecule is CCC(C)(CCOC(=O)NC1CC(C)(C)CC(C)(CNC(=O)SCCCS(O)(OC)OC)C1)COC(=O)C=C(C)C. The van der Waals surface area contributed by atoms with Crippen molar-refractivity contribution in [3.8, 4) is 0 Å². The van der Waals surface area contributed by atoms with E-state index < -0.39 is 17.0 Å². The number of thioether (sulfide) groups is 1. The second-order valence-electron chi connectivity index (χ2n) is 12.7. The van der Waals surface area contributed by atoms with Gasteiger partial charge in [-0.3, -0.25) is 13.2 Å². The molecule has 240 valence electrons. The van der Waals surface area contributed by atoms with Crippen molar-refractivity contribution in [1.82, 2.24) is 10.6 Å². The van der Waals surface area contributed by atoms with Gasteiger partial charge >= 0.3 is 12.1 Å². The van der Waals surface area contributed by atoms with Crippen LogP contribution in [0, 0.1) is 16.2 Å². The predicted octanol–water partition coefficient (Wildman–Crippen LogP) is 6.85. The molecule has 0 aliphatic heterocycles. The third kappa shape index (κ3) is 15.0. The Morgan fingerprint density at radius 3 is 2.37 bits per heavy atom. The van der Waals surface area contributed by atoms with E-state index in [9.17, 15) is 18.9 Å². The van der Waals surface area contributed by atoms with Gasteiger partial charge in [0.05, 0.1) is 38.3 Å². The average Bonchev–Trinajstić information content (AvgIpc) is 2.87. The zero-order valence-electron chi connectivity index (χ0n) is 26.6. The van der Waals surface area contributed by atoms with E-state index in [1.165, 1.54) is 32.1 Å². The quantitative estimate of drug-likeness (QED) is 0.0960. The van der Waals surface area contributed by atoms with Crippen molar-refractivity contribution in [2.24, 2.45) is 16.2 Å². The molecule has 1 aliphatic carbocycles. The second-order valence-corrected chi connectivity index (χ2v) is 16.0. The molecule has 0 heterocycles. The molecule has 0 radical (unpaired) electrons. The minimum absolute atomic E-state index is 0.0215. The highest BCUT2D eigenvalue weighted by Gasteiger charge is 2.42. The molecule has 12 heteroatoms. The summed E-state index contributed by atoms with van der Waals surface area (Å²) in [4.78, 5) is 37.1. The molecule has 1 saturated carbocycles. The molecule has 0 aromatic rings. The number of carbonyl (C=O) groups excluding carboxylic acids is 3. The Bertz CT molecular complexity index is 892. The largest absolute Gasteiger partial charge is 0.462 e. The molecule has 2 amide bonds. The van der Waals surface area contributed by atoms with Gasteiger partial charge < -0.3 is 24.7 Å². The molecule has 0 aromatic heterocycles. The van der Waals surface area contributed by atoms with Crippen LogP contribution in [0.3, 0.4) is 0 Å². The first-order valence-electron chi connectivity index (χ1n) is 14.3. The van der Waals surface area contributed by atoms with Gasteiger partial charge in [0.2, 0.25) is 0 Å². The molecule has 3 N–H and O–H groups in total. The minimum atomic E-state index is -2.52. The van der Waals surface area contributed by atoms with Crippen LogP contribution in [0.2, 0.25) is 0 Å². The van der Waals surface area contributed by atoms with Gasteiger partial charge in [-0.25, -0.2) is 9.59 Å². The number of carbonyl (C=O) groups is 3. The van der Waals surface area contributed by atoms with Crippen molar-refractivity contribution in [3.63, 3.8) is 0 Å². The molecule has 3 unspecified atom stereocenters. The summed E-state index contributed by atoms with van der Waals surface area (Å²) in [6, 6.07) is -0.0767. The third-order valence-corrected chi connectivity index (χ3v) is 10.2. The fourth-order valence-corrected chi connectivity index (χ4v) is 7.13. The van der Waals surface area contributed by atoms with E-state index in [1.54, 1.807) is 0 Å². The van der Waals surface area contributed by atoms with Crippen LogP contribution in [-0.4, -0.2) is 73.4 Å². The Kier molecular flexibility index (Phi) is 15.6. The summed E-state index contributed by atoms with van der Waals surface area (Å²) < 4.78 is 31.0. The molecule has 1 aliphatic rings. The molecule has 10 nitrogen and oxygen atoms in total. The summed E-state index contributed by atoms with van der Waals surface area (Å²) in [5.74, 6) is 0.529. The Morgan fingerprint density at radius 2 is 1.78 bits per heavy atom. The van der Waals surface area contributed by atoms with Gasteiger partial charge in [0, 0.05) is 35.6 Å². The van der Waals surface area contributed by atoms with E-state index in [4.69, 9.17) is 17.8 Å². The van der Waals surface area contributed by atoms with Crippen molar-refractivity contribution in [3.05, 3.63) is 11.6 Å². The molecule has 0 bridgehead atoms. The minimum Gasteiger partial charge on any atom is -0.462 e. The molecule has 1 rings (SSSR count). The van der Waals surface area contributed by atoms with Gasteiger partial charge in [-0.2, -0.15) is 0 Å². The van der Waals surface area contributed by atoms with Crippen molar-refractivity contribution >= 4 is 39.9 Å². The van der Waals surface area contributed by atoms with Crippen molar-refractivity contribution in [2.75, 3.05) is 45.5 Å². The first-order valence-corrected chi connectivity index (χ1v) is 16.9. The lowest BCUT2D eigenvalue weighted by molar-refractivity contribution is -0.141. The molecule has 41 heavy (non-hydrogen) atoms. The first-order chi connectivity index (χ1) is 19.0. The number of rotatable bonds is 16. The van der Waals surface area contributed by atoms with Crippen LogP contribution in [-0.2, 0) is 22.6 Å². The zero-order chi connectivity index (χ0) is 31.3. The second kappa shape index (κ2) is 17.0. The maximum Gasteiger partial charge on any atom is 0.407 e. The molecule has 3 atom stereocenters. The van der Waals surface area contributed by atoms with E-state index in [1.807, 2.05) is 27.7 Å². The topological polar surface area (TPSA) is 132 Å². The normalized spacial score (nSPS) is 22.1. The molecule has 1 fully saturated rings. The predicted molar refractivity (Wildman–Crippen MR) is 167 cm³/mol.